The lowest BCUT2D eigenvalue weighted by molar-refractivity contribution is -0.139. The molecule has 1 aliphatic carbocycles. The van der Waals surface area contributed by atoms with Gasteiger partial charge in [-0.25, -0.2) is 0 Å². The van der Waals surface area contributed by atoms with Crippen molar-refractivity contribution >= 4 is 5.91 Å². The van der Waals surface area contributed by atoms with Crippen LogP contribution in [-0.2, 0) is 4.79 Å². The first kappa shape index (κ1) is 13.5. The van der Waals surface area contributed by atoms with Gasteiger partial charge in [0.05, 0.1) is 11.8 Å². The molecule has 2 aromatic heterocycles. The van der Waals surface area contributed by atoms with Crippen LogP contribution in [0.1, 0.15) is 43.9 Å². The van der Waals surface area contributed by atoms with Crippen molar-refractivity contribution in [3.63, 3.8) is 0 Å². The van der Waals surface area contributed by atoms with Crippen molar-refractivity contribution in [3.05, 3.63) is 24.5 Å². The third-order valence-electron chi connectivity index (χ3n) is 4.82. The highest BCUT2D eigenvalue weighted by molar-refractivity contribution is 5.79. The van der Waals surface area contributed by atoms with Gasteiger partial charge in [-0.3, -0.25) is 4.79 Å². The molecule has 22 heavy (non-hydrogen) atoms. The number of carbonyl (C=O) groups is 1. The van der Waals surface area contributed by atoms with Crippen LogP contribution in [0.4, 0.5) is 0 Å². The predicted octanol–water partition coefficient (Wildman–Crippen LogP) is 2.84. The van der Waals surface area contributed by atoms with E-state index >= 15 is 0 Å². The van der Waals surface area contributed by atoms with Gasteiger partial charge in [-0.2, -0.15) is 0 Å². The summed E-state index contributed by atoms with van der Waals surface area (Å²) in [6.07, 6.45) is 8.30. The molecule has 0 N–H and O–H groups in total. The first-order valence-corrected chi connectivity index (χ1v) is 7.96. The highest BCUT2D eigenvalue weighted by atomic mass is 16.4. The van der Waals surface area contributed by atoms with Crippen LogP contribution in [0.2, 0.25) is 0 Å². The van der Waals surface area contributed by atoms with Gasteiger partial charge >= 0.3 is 0 Å². The van der Waals surface area contributed by atoms with Crippen LogP contribution in [-0.4, -0.2) is 34.1 Å². The van der Waals surface area contributed by atoms with E-state index in [0.717, 1.165) is 44.3 Å². The second-order valence-corrected chi connectivity index (χ2v) is 6.18. The maximum atomic E-state index is 12.2. The summed E-state index contributed by atoms with van der Waals surface area (Å²) in [6, 6.07) is 1.80. The second-order valence-electron chi connectivity index (χ2n) is 6.18. The number of hydrogen-bond donors (Lipinski definition) is 0. The van der Waals surface area contributed by atoms with Crippen molar-refractivity contribution < 1.29 is 13.6 Å². The largest absolute Gasteiger partial charge is 0.472 e. The number of furan rings is 1. The highest BCUT2D eigenvalue weighted by Gasteiger charge is 2.33. The molecule has 0 aromatic carbocycles. The van der Waals surface area contributed by atoms with E-state index in [0.29, 0.717) is 17.7 Å². The molecule has 6 heteroatoms. The molecule has 2 aliphatic rings. The van der Waals surface area contributed by atoms with E-state index < -0.39 is 0 Å². The quantitative estimate of drug-likeness (QED) is 0.871. The molecule has 0 radical (unpaired) electrons. The fourth-order valence-corrected chi connectivity index (χ4v) is 3.16. The van der Waals surface area contributed by atoms with Crippen LogP contribution < -0.4 is 0 Å². The Kier molecular flexibility index (Phi) is 3.44. The molecule has 0 atom stereocenters. The third-order valence-corrected chi connectivity index (χ3v) is 4.82. The van der Waals surface area contributed by atoms with Gasteiger partial charge in [-0.1, -0.05) is 6.42 Å². The minimum absolute atomic E-state index is 0.249. The number of piperidine rings is 1. The summed E-state index contributed by atoms with van der Waals surface area (Å²) in [4.78, 5) is 14.3. The van der Waals surface area contributed by atoms with Gasteiger partial charge < -0.3 is 13.7 Å². The van der Waals surface area contributed by atoms with E-state index in [9.17, 15) is 4.79 Å². The van der Waals surface area contributed by atoms with Crippen LogP contribution in [0.3, 0.4) is 0 Å². The van der Waals surface area contributed by atoms with Crippen molar-refractivity contribution in [2.45, 2.75) is 38.0 Å². The van der Waals surface area contributed by atoms with E-state index in [-0.39, 0.29) is 11.8 Å². The molecular weight excluding hydrogens is 282 g/mol. The number of carbonyl (C=O) groups excluding carboxylic acids is 1. The summed E-state index contributed by atoms with van der Waals surface area (Å²) in [7, 11) is 0. The number of rotatable bonds is 3. The number of likely N-dealkylation sites (tertiary alicyclic amines) is 1. The van der Waals surface area contributed by atoms with E-state index in [4.69, 9.17) is 8.83 Å². The van der Waals surface area contributed by atoms with Crippen LogP contribution in [0.25, 0.3) is 11.5 Å². The molecule has 1 amide bonds. The number of hydrogen-bond acceptors (Lipinski definition) is 5. The maximum Gasteiger partial charge on any atom is 0.250 e. The van der Waals surface area contributed by atoms with Crippen LogP contribution in [0, 0.1) is 5.92 Å². The first-order chi connectivity index (χ1) is 10.8. The molecule has 0 unspecified atom stereocenters. The molecule has 6 nitrogen and oxygen atoms in total. The zero-order chi connectivity index (χ0) is 14.9. The van der Waals surface area contributed by atoms with Crippen molar-refractivity contribution in [2.24, 2.45) is 5.92 Å². The first-order valence-electron chi connectivity index (χ1n) is 7.96. The molecule has 1 saturated carbocycles. The lowest BCUT2D eigenvalue weighted by Crippen LogP contribution is -2.43. The van der Waals surface area contributed by atoms with Gasteiger partial charge in [0.1, 0.15) is 6.26 Å². The zero-order valence-corrected chi connectivity index (χ0v) is 12.4. The summed E-state index contributed by atoms with van der Waals surface area (Å²) in [5, 5.41) is 8.25. The second kappa shape index (κ2) is 5.59. The minimum atomic E-state index is 0.249. The Hall–Kier alpha value is -2.11. The van der Waals surface area contributed by atoms with Crippen molar-refractivity contribution in [1.82, 2.24) is 15.1 Å². The monoisotopic (exact) mass is 301 g/mol. The summed E-state index contributed by atoms with van der Waals surface area (Å²) in [6.45, 7) is 1.59. The molecule has 0 spiro atoms. The number of amides is 1. The standard InChI is InChI=1S/C16H19N3O3/c20-16(12-2-1-3-12)19-7-4-11(5-8-19)14-17-18-15(22-14)13-6-9-21-10-13/h6,9-12H,1-5,7-8H2. The van der Waals surface area contributed by atoms with E-state index in [1.807, 2.05) is 4.90 Å². The molecule has 3 heterocycles. The fourth-order valence-electron chi connectivity index (χ4n) is 3.16. The Bertz CT molecular complexity index is 637. The summed E-state index contributed by atoms with van der Waals surface area (Å²) in [5.74, 6) is 2.05. The SMILES string of the molecule is O=C(C1CCC1)N1CCC(c2nnc(-c3ccoc3)o2)CC1. The lowest BCUT2D eigenvalue weighted by atomic mass is 9.83. The Balaban J connectivity index is 1.38. The fraction of sp³-hybridized carbons (Fsp3) is 0.562. The van der Waals surface area contributed by atoms with E-state index in [1.165, 1.54) is 6.42 Å². The highest BCUT2D eigenvalue weighted by Crippen LogP contribution is 2.33. The Labute approximate surface area is 128 Å². The van der Waals surface area contributed by atoms with Crippen molar-refractivity contribution in [3.8, 4) is 11.5 Å². The van der Waals surface area contributed by atoms with Gasteiger partial charge in [0, 0.05) is 24.9 Å². The minimum Gasteiger partial charge on any atom is -0.472 e. The maximum absolute atomic E-state index is 12.2. The molecular formula is C16H19N3O3. The number of nitrogens with zero attached hydrogens (tertiary/aromatic N) is 3. The number of aromatic nitrogens is 2. The van der Waals surface area contributed by atoms with Gasteiger partial charge in [0.15, 0.2) is 0 Å². The molecule has 2 fully saturated rings. The van der Waals surface area contributed by atoms with Crippen LogP contribution in [0.15, 0.2) is 27.4 Å². The smallest absolute Gasteiger partial charge is 0.250 e. The Morgan fingerprint density at radius 1 is 1.18 bits per heavy atom. The summed E-state index contributed by atoms with van der Waals surface area (Å²) < 4.78 is 10.8. The average molecular weight is 301 g/mol. The zero-order valence-electron chi connectivity index (χ0n) is 12.4. The normalized spacial score (nSPS) is 20.1. The molecule has 1 aliphatic heterocycles. The van der Waals surface area contributed by atoms with Crippen molar-refractivity contribution in [2.75, 3.05) is 13.1 Å². The van der Waals surface area contributed by atoms with Gasteiger partial charge in [0.2, 0.25) is 11.8 Å². The van der Waals surface area contributed by atoms with Crippen LogP contribution >= 0.6 is 0 Å². The third kappa shape index (κ3) is 2.42. The molecule has 0 bridgehead atoms. The summed E-state index contributed by atoms with van der Waals surface area (Å²) in [5.41, 5.74) is 0.802. The Morgan fingerprint density at radius 2 is 2.00 bits per heavy atom. The molecule has 1 saturated heterocycles. The van der Waals surface area contributed by atoms with E-state index in [1.54, 1.807) is 18.6 Å². The van der Waals surface area contributed by atoms with Gasteiger partial charge in [-0.15, -0.1) is 10.2 Å². The lowest BCUT2D eigenvalue weighted by Gasteiger charge is -2.35. The topological polar surface area (TPSA) is 72.4 Å². The molecule has 2 aromatic rings. The summed E-state index contributed by atoms with van der Waals surface area (Å²) >= 11 is 0. The predicted molar refractivity (Wildman–Crippen MR) is 77.9 cm³/mol. The Morgan fingerprint density at radius 3 is 2.64 bits per heavy atom. The molecule has 116 valence electrons. The van der Waals surface area contributed by atoms with Gasteiger partial charge in [0.25, 0.3) is 5.89 Å². The molecule has 4 rings (SSSR count). The van der Waals surface area contributed by atoms with E-state index in [2.05, 4.69) is 10.2 Å². The van der Waals surface area contributed by atoms with Crippen molar-refractivity contribution in [1.29, 1.82) is 0 Å². The van der Waals surface area contributed by atoms with Gasteiger partial charge in [-0.05, 0) is 31.7 Å². The van der Waals surface area contributed by atoms with Crippen LogP contribution in [0.5, 0.6) is 0 Å². The average Bonchev–Trinajstić information content (AvgIpc) is 3.16.